The van der Waals surface area contributed by atoms with Crippen LogP contribution in [0.25, 0.3) is 10.8 Å². The molecule has 0 spiro atoms. The number of halogens is 1. The lowest BCUT2D eigenvalue weighted by Gasteiger charge is -2.45. The summed E-state index contributed by atoms with van der Waals surface area (Å²) in [5.41, 5.74) is 1.34. The van der Waals surface area contributed by atoms with E-state index in [2.05, 4.69) is 45.0 Å². The number of anilines is 2. The van der Waals surface area contributed by atoms with Gasteiger partial charge >= 0.3 is 0 Å². The number of benzene rings is 1. The molecular weight excluding hydrogens is 490 g/mol. The Labute approximate surface area is 221 Å². The average molecular weight is 522 g/mol. The fourth-order valence-corrected chi connectivity index (χ4v) is 6.11. The number of aliphatic hydroxyl groups excluding tert-OH is 1. The summed E-state index contributed by atoms with van der Waals surface area (Å²) in [6.07, 6.45) is 3.83. The number of piperazine rings is 1. The maximum atomic E-state index is 13.0. The molecule has 3 aromatic rings. The number of aliphatic hydroxyl groups is 1. The van der Waals surface area contributed by atoms with Crippen LogP contribution in [0.1, 0.15) is 26.0 Å². The first-order chi connectivity index (χ1) is 17.8. The van der Waals surface area contributed by atoms with E-state index in [1.54, 1.807) is 12.4 Å². The van der Waals surface area contributed by atoms with E-state index in [9.17, 15) is 9.90 Å². The molecular formula is C28H32ClN5O3. The summed E-state index contributed by atoms with van der Waals surface area (Å²) >= 11 is 6.70. The third-order valence-electron chi connectivity index (χ3n) is 8.57. The van der Waals surface area contributed by atoms with E-state index in [-0.39, 0.29) is 22.8 Å². The zero-order valence-corrected chi connectivity index (χ0v) is 21.9. The molecule has 4 heterocycles. The number of carbonyl (C=O) groups excluding carboxylic acids is 1. The summed E-state index contributed by atoms with van der Waals surface area (Å²) in [6, 6.07) is 11.8. The normalized spacial score (nSPS) is 30.0. The third kappa shape index (κ3) is 4.36. The minimum absolute atomic E-state index is 0.0307. The molecule has 1 saturated carbocycles. The quantitative estimate of drug-likeness (QED) is 0.531. The molecule has 0 bridgehead atoms. The molecule has 3 fully saturated rings. The Bertz CT molecular complexity index is 1330. The topological polar surface area (TPSA) is 90.8 Å². The van der Waals surface area contributed by atoms with Gasteiger partial charge in [0.05, 0.1) is 41.5 Å². The van der Waals surface area contributed by atoms with Gasteiger partial charge in [0.2, 0.25) is 5.91 Å². The van der Waals surface area contributed by atoms with Crippen molar-refractivity contribution in [1.82, 2.24) is 14.9 Å². The van der Waals surface area contributed by atoms with Gasteiger partial charge in [-0.15, -0.1) is 0 Å². The summed E-state index contributed by atoms with van der Waals surface area (Å²) in [5, 5.41) is 16.0. The van der Waals surface area contributed by atoms with Crippen molar-refractivity contribution in [2.45, 2.75) is 37.3 Å². The molecule has 1 amide bonds. The number of amides is 1. The molecule has 0 unspecified atom stereocenters. The fraction of sp³-hybridized carbons (Fsp3) is 0.464. The number of nitrogens with zero attached hydrogens (tertiary/aromatic N) is 4. The lowest BCUT2D eigenvalue weighted by Crippen LogP contribution is -2.60. The van der Waals surface area contributed by atoms with E-state index in [0.717, 1.165) is 54.8 Å². The molecule has 37 heavy (non-hydrogen) atoms. The van der Waals surface area contributed by atoms with Crippen LogP contribution in [0, 0.1) is 5.92 Å². The van der Waals surface area contributed by atoms with Crippen LogP contribution in [-0.2, 0) is 14.9 Å². The summed E-state index contributed by atoms with van der Waals surface area (Å²) in [5.74, 6) is 0.383. The van der Waals surface area contributed by atoms with Crippen LogP contribution in [-0.4, -0.2) is 76.9 Å². The van der Waals surface area contributed by atoms with Crippen LogP contribution in [0.2, 0.25) is 5.02 Å². The third-order valence-corrected chi connectivity index (χ3v) is 8.88. The highest BCUT2D eigenvalue weighted by atomic mass is 35.5. The second kappa shape index (κ2) is 9.20. The highest BCUT2D eigenvalue weighted by molar-refractivity contribution is 6.34. The number of hydrogen-bond donors (Lipinski definition) is 2. The molecule has 0 radical (unpaired) electrons. The van der Waals surface area contributed by atoms with Crippen molar-refractivity contribution >= 4 is 39.8 Å². The molecule has 4 atom stereocenters. The summed E-state index contributed by atoms with van der Waals surface area (Å²) in [6.45, 7) is 8.34. The van der Waals surface area contributed by atoms with Crippen LogP contribution < -0.4 is 10.2 Å². The van der Waals surface area contributed by atoms with Gasteiger partial charge in [-0.1, -0.05) is 24.6 Å². The molecule has 2 saturated heterocycles. The maximum Gasteiger partial charge on any atom is 0.229 e. The highest BCUT2D eigenvalue weighted by Crippen LogP contribution is 2.53. The lowest BCUT2D eigenvalue weighted by molar-refractivity contribution is -0.117. The van der Waals surface area contributed by atoms with E-state index < -0.39 is 6.10 Å². The van der Waals surface area contributed by atoms with Crippen LogP contribution in [0.4, 0.5) is 11.5 Å². The molecule has 3 aliphatic rings. The molecule has 2 N–H and O–H groups in total. The maximum absolute atomic E-state index is 13.0. The fourth-order valence-electron chi connectivity index (χ4n) is 5.82. The Morgan fingerprint density at radius 3 is 2.65 bits per heavy atom. The van der Waals surface area contributed by atoms with Crippen LogP contribution in [0.5, 0.6) is 0 Å². The number of carbonyl (C=O) groups is 1. The number of fused-ring (bicyclic) bond motifs is 1. The molecule has 1 aromatic carbocycles. The monoisotopic (exact) mass is 521 g/mol. The predicted octanol–water partition coefficient (Wildman–Crippen LogP) is 3.47. The molecule has 6 rings (SSSR count). The number of rotatable bonds is 5. The van der Waals surface area contributed by atoms with Gasteiger partial charge in [0.25, 0.3) is 0 Å². The van der Waals surface area contributed by atoms with Crippen molar-refractivity contribution in [3.05, 3.63) is 59.5 Å². The zero-order chi connectivity index (χ0) is 25.8. The van der Waals surface area contributed by atoms with Gasteiger partial charge in [-0.25, -0.2) is 4.98 Å². The van der Waals surface area contributed by atoms with E-state index >= 15 is 0 Å². The van der Waals surface area contributed by atoms with Gasteiger partial charge in [-0.05, 0) is 49.1 Å². The average Bonchev–Trinajstić information content (AvgIpc) is 3.50. The van der Waals surface area contributed by atoms with E-state index in [1.807, 2.05) is 30.3 Å². The van der Waals surface area contributed by atoms with Gasteiger partial charge < -0.3 is 20.1 Å². The van der Waals surface area contributed by atoms with Crippen LogP contribution >= 0.6 is 11.6 Å². The molecule has 2 aliphatic heterocycles. The second-order valence-electron chi connectivity index (χ2n) is 11.0. The van der Waals surface area contributed by atoms with Crippen molar-refractivity contribution in [2.24, 2.45) is 5.92 Å². The Hall–Kier alpha value is -2.78. The van der Waals surface area contributed by atoms with Gasteiger partial charge in [0.15, 0.2) is 0 Å². The van der Waals surface area contributed by atoms with Gasteiger partial charge in [-0.3, -0.25) is 14.7 Å². The van der Waals surface area contributed by atoms with Crippen LogP contribution in [0.15, 0.2) is 48.8 Å². The van der Waals surface area contributed by atoms with Gasteiger partial charge in [0.1, 0.15) is 5.82 Å². The Morgan fingerprint density at radius 1 is 1.14 bits per heavy atom. The summed E-state index contributed by atoms with van der Waals surface area (Å²) < 4.78 is 5.53. The standard InChI is InChI=1S/C28H32ClN5O3/c1-27(23-5-3-4-6-30-23)14-20(27)26(36)32-25-13-18-12-22(21(29)11-19(18)15-31-25)33-7-9-34(10-8-33)28(2)17-37-16-24(28)35/h3-6,11-13,15,20,24,35H,7-10,14,16-17H2,1-2H3,(H,31,32,36)/t20-,24+,27+,28-/m0/s1. The van der Waals surface area contributed by atoms with E-state index in [0.29, 0.717) is 24.1 Å². The first-order valence-corrected chi connectivity index (χ1v) is 13.2. The molecule has 9 heteroatoms. The highest BCUT2D eigenvalue weighted by Gasteiger charge is 2.56. The second-order valence-corrected chi connectivity index (χ2v) is 11.4. The minimum atomic E-state index is -0.470. The molecule has 194 valence electrons. The summed E-state index contributed by atoms with van der Waals surface area (Å²) in [4.78, 5) is 26.5. The van der Waals surface area contributed by atoms with Crippen molar-refractivity contribution in [1.29, 1.82) is 0 Å². The Kier molecular flexibility index (Phi) is 6.11. The Morgan fingerprint density at radius 2 is 1.95 bits per heavy atom. The summed E-state index contributed by atoms with van der Waals surface area (Å²) in [7, 11) is 0. The first kappa shape index (κ1) is 24.6. The minimum Gasteiger partial charge on any atom is -0.389 e. The number of ether oxygens (including phenoxy) is 1. The van der Waals surface area contributed by atoms with Crippen LogP contribution in [0.3, 0.4) is 0 Å². The van der Waals surface area contributed by atoms with Crippen molar-refractivity contribution in [3.63, 3.8) is 0 Å². The number of hydrogen-bond acceptors (Lipinski definition) is 7. The van der Waals surface area contributed by atoms with Crippen molar-refractivity contribution in [3.8, 4) is 0 Å². The lowest BCUT2D eigenvalue weighted by atomic mass is 9.95. The predicted molar refractivity (Wildman–Crippen MR) is 144 cm³/mol. The van der Waals surface area contributed by atoms with Gasteiger partial charge in [-0.2, -0.15) is 0 Å². The molecule has 8 nitrogen and oxygen atoms in total. The van der Waals surface area contributed by atoms with E-state index in [4.69, 9.17) is 16.3 Å². The van der Waals surface area contributed by atoms with Crippen molar-refractivity contribution < 1.29 is 14.6 Å². The van der Waals surface area contributed by atoms with Gasteiger partial charge in [0, 0.05) is 55.1 Å². The molecule has 2 aromatic heterocycles. The largest absolute Gasteiger partial charge is 0.389 e. The SMILES string of the molecule is C[C@@]1(c2ccccn2)C[C@H]1C(=O)Nc1cc2cc(N3CCN([C@@]4(C)COC[C@H]4O)CC3)c(Cl)cc2cn1. The number of nitrogens with one attached hydrogen (secondary N) is 1. The van der Waals surface area contributed by atoms with E-state index in [1.165, 1.54) is 0 Å². The first-order valence-electron chi connectivity index (χ1n) is 12.9. The number of pyridine rings is 2. The zero-order valence-electron chi connectivity index (χ0n) is 21.2. The van der Waals surface area contributed by atoms with Crippen molar-refractivity contribution in [2.75, 3.05) is 49.6 Å². The Balaban J connectivity index is 1.16. The molecule has 1 aliphatic carbocycles. The number of aromatic nitrogens is 2. The smallest absolute Gasteiger partial charge is 0.229 e.